The summed E-state index contributed by atoms with van der Waals surface area (Å²) in [6, 6.07) is 12.6. The van der Waals surface area contributed by atoms with Crippen LogP contribution in [0.25, 0.3) is 0 Å². The van der Waals surface area contributed by atoms with Gasteiger partial charge in [-0.2, -0.15) is 0 Å². The third-order valence-corrected chi connectivity index (χ3v) is 4.68. The molecule has 0 saturated carbocycles. The molecule has 1 aliphatic heterocycles. The summed E-state index contributed by atoms with van der Waals surface area (Å²) >= 11 is 0. The SMILES string of the molecule is CC(=O)Nc1ccc(C[NH2+]C[C@H](c2ccco2)[NH+]2CCCC2)cc1. The molecule has 1 aliphatic rings. The highest BCUT2D eigenvalue weighted by Crippen LogP contribution is 2.11. The number of anilines is 1. The predicted octanol–water partition coefficient (Wildman–Crippen LogP) is 0.721. The van der Waals surface area contributed by atoms with Crippen LogP contribution in [0.5, 0.6) is 0 Å². The van der Waals surface area contributed by atoms with Crippen LogP contribution in [0.2, 0.25) is 0 Å². The van der Waals surface area contributed by atoms with Gasteiger partial charge in [0.05, 0.1) is 19.4 Å². The quantitative estimate of drug-likeness (QED) is 0.701. The van der Waals surface area contributed by atoms with Gasteiger partial charge in [0.15, 0.2) is 11.8 Å². The molecule has 24 heavy (non-hydrogen) atoms. The van der Waals surface area contributed by atoms with E-state index < -0.39 is 0 Å². The fourth-order valence-corrected chi connectivity index (χ4v) is 3.50. The molecule has 1 saturated heterocycles. The Morgan fingerprint density at radius 3 is 2.62 bits per heavy atom. The number of nitrogens with two attached hydrogens (primary N) is 1. The predicted molar refractivity (Wildman–Crippen MR) is 92.6 cm³/mol. The van der Waals surface area contributed by atoms with Crippen molar-refractivity contribution < 1.29 is 19.4 Å². The Morgan fingerprint density at radius 2 is 2.00 bits per heavy atom. The number of carbonyl (C=O) groups is 1. The maximum atomic E-state index is 11.1. The summed E-state index contributed by atoms with van der Waals surface area (Å²) in [6.07, 6.45) is 4.41. The van der Waals surface area contributed by atoms with Crippen LogP contribution in [0, 0.1) is 0 Å². The Morgan fingerprint density at radius 1 is 1.25 bits per heavy atom. The van der Waals surface area contributed by atoms with Crippen LogP contribution in [0.15, 0.2) is 47.1 Å². The highest BCUT2D eigenvalue weighted by molar-refractivity contribution is 5.88. The van der Waals surface area contributed by atoms with Crippen molar-refractivity contribution in [3.63, 3.8) is 0 Å². The second-order valence-corrected chi connectivity index (χ2v) is 6.54. The lowest BCUT2D eigenvalue weighted by atomic mass is 10.1. The van der Waals surface area contributed by atoms with Gasteiger partial charge in [-0.15, -0.1) is 0 Å². The molecule has 1 amide bonds. The molecule has 0 radical (unpaired) electrons. The Bertz CT molecular complexity index is 631. The summed E-state index contributed by atoms with van der Waals surface area (Å²) in [6.45, 7) is 5.97. The van der Waals surface area contributed by atoms with Gasteiger partial charge in [0.2, 0.25) is 5.91 Å². The molecule has 2 heterocycles. The van der Waals surface area contributed by atoms with Crippen molar-refractivity contribution in [3.8, 4) is 0 Å². The van der Waals surface area contributed by atoms with Gasteiger partial charge in [-0.3, -0.25) is 4.79 Å². The number of rotatable bonds is 7. The fraction of sp³-hybridized carbons (Fsp3) is 0.421. The van der Waals surface area contributed by atoms with Crippen LogP contribution in [0.4, 0.5) is 5.69 Å². The van der Waals surface area contributed by atoms with Crippen LogP contribution < -0.4 is 15.5 Å². The minimum atomic E-state index is -0.0378. The molecule has 1 aromatic heterocycles. The Hall–Kier alpha value is -2.11. The second-order valence-electron chi connectivity index (χ2n) is 6.54. The zero-order chi connectivity index (χ0) is 16.8. The number of nitrogens with one attached hydrogen (secondary N) is 2. The molecule has 5 nitrogen and oxygen atoms in total. The number of quaternary nitrogens is 2. The van der Waals surface area contributed by atoms with Gasteiger partial charge < -0.3 is 20.0 Å². The number of likely N-dealkylation sites (tertiary alicyclic amines) is 1. The first-order valence-corrected chi connectivity index (χ1v) is 8.78. The van der Waals surface area contributed by atoms with Gasteiger partial charge in [-0.25, -0.2) is 0 Å². The average molecular weight is 329 g/mol. The summed E-state index contributed by atoms with van der Waals surface area (Å²) in [5.41, 5.74) is 2.11. The lowest BCUT2D eigenvalue weighted by molar-refractivity contribution is -0.936. The van der Waals surface area contributed by atoms with E-state index in [1.54, 1.807) is 11.2 Å². The molecule has 0 aliphatic carbocycles. The molecule has 2 aromatic rings. The van der Waals surface area contributed by atoms with Crippen molar-refractivity contribution in [1.82, 2.24) is 0 Å². The molecule has 4 N–H and O–H groups in total. The highest BCUT2D eigenvalue weighted by atomic mass is 16.3. The number of hydrogen-bond acceptors (Lipinski definition) is 2. The molecule has 0 spiro atoms. The van der Waals surface area contributed by atoms with Crippen molar-refractivity contribution in [2.75, 3.05) is 25.0 Å². The normalized spacial score (nSPS) is 16.2. The van der Waals surface area contributed by atoms with Gasteiger partial charge in [0.1, 0.15) is 13.1 Å². The minimum absolute atomic E-state index is 0.0378. The smallest absolute Gasteiger partial charge is 0.221 e. The highest BCUT2D eigenvalue weighted by Gasteiger charge is 2.30. The number of furan rings is 1. The van der Waals surface area contributed by atoms with E-state index >= 15 is 0 Å². The number of benzene rings is 1. The lowest BCUT2D eigenvalue weighted by Gasteiger charge is -2.21. The monoisotopic (exact) mass is 329 g/mol. The maximum Gasteiger partial charge on any atom is 0.221 e. The van der Waals surface area contributed by atoms with E-state index in [0.29, 0.717) is 6.04 Å². The second kappa shape index (κ2) is 8.13. The van der Waals surface area contributed by atoms with Gasteiger partial charge in [-0.1, -0.05) is 12.1 Å². The first-order chi connectivity index (χ1) is 11.7. The zero-order valence-electron chi connectivity index (χ0n) is 14.3. The minimum Gasteiger partial charge on any atom is -0.463 e. The van der Waals surface area contributed by atoms with Crippen molar-refractivity contribution in [2.24, 2.45) is 0 Å². The summed E-state index contributed by atoms with van der Waals surface area (Å²) in [4.78, 5) is 12.7. The van der Waals surface area contributed by atoms with Crippen molar-refractivity contribution in [3.05, 3.63) is 54.0 Å². The molecule has 1 fully saturated rings. The third kappa shape index (κ3) is 4.46. The van der Waals surface area contributed by atoms with Crippen LogP contribution in [0.3, 0.4) is 0 Å². The molecule has 1 atom stereocenters. The topological polar surface area (TPSA) is 63.3 Å². The first kappa shape index (κ1) is 16.7. The van der Waals surface area contributed by atoms with E-state index in [4.69, 9.17) is 4.42 Å². The van der Waals surface area contributed by atoms with Crippen LogP contribution >= 0.6 is 0 Å². The van der Waals surface area contributed by atoms with Crippen LogP contribution in [-0.4, -0.2) is 25.5 Å². The Balaban J connectivity index is 1.54. The molecular weight excluding hydrogens is 302 g/mol. The number of hydrogen-bond donors (Lipinski definition) is 3. The van der Waals surface area contributed by atoms with E-state index in [9.17, 15) is 4.79 Å². The maximum absolute atomic E-state index is 11.1. The standard InChI is InChI=1S/C19H25N3O2/c1-15(23)21-17-8-6-16(7-9-17)13-20-14-18(19-5-4-12-24-19)22-10-2-3-11-22/h4-9,12,18,20H,2-3,10-11,13-14H2,1H3,(H,21,23)/p+2/t18-/m1/s1. The Labute approximate surface area is 143 Å². The summed E-state index contributed by atoms with van der Waals surface area (Å²) in [5.74, 6) is 1.06. The van der Waals surface area contributed by atoms with Gasteiger partial charge in [0, 0.05) is 31.0 Å². The van der Waals surface area contributed by atoms with Gasteiger partial charge in [0.25, 0.3) is 0 Å². The molecule has 1 aromatic carbocycles. The van der Waals surface area contributed by atoms with E-state index in [0.717, 1.165) is 24.5 Å². The molecule has 0 bridgehead atoms. The fourth-order valence-electron chi connectivity index (χ4n) is 3.50. The van der Waals surface area contributed by atoms with Crippen LogP contribution in [0.1, 0.15) is 37.1 Å². The Kier molecular flexibility index (Phi) is 5.67. The number of carbonyl (C=O) groups excluding carboxylic acids is 1. The first-order valence-electron chi connectivity index (χ1n) is 8.78. The zero-order valence-corrected chi connectivity index (χ0v) is 14.3. The largest absolute Gasteiger partial charge is 0.463 e. The summed E-state index contributed by atoms with van der Waals surface area (Å²) in [5, 5.41) is 5.15. The molecule has 3 rings (SSSR count). The van der Waals surface area contributed by atoms with Crippen molar-refractivity contribution in [1.29, 1.82) is 0 Å². The molecule has 5 heteroatoms. The summed E-state index contributed by atoms with van der Waals surface area (Å²) in [7, 11) is 0. The van der Waals surface area contributed by atoms with Crippen LogP contribution in [-0.2, 0) is 11.3 Å². The third-order valence-electron chi connectivity index (χ3n) is 4.68. The van der Waals surface area contributed by atoms with Gasteiger partial charge >= 0.3 is 0 Å². The van der Waals surface area contributed by atoms with E-state index in [-0.39, 0.29) is 5.91 Å². The molecular formula is C19H27N3O2+2. The van der Waals surface area contributed by atoms with E-state index in [1.807, 2.05) is 18.2 Å². The number of amides is 1. The van der Waals surface area contributed by atoms with E-state index in [2.05, 4.69) is 28.8 Å². The van der Waals surface area contributed by atoms with Crippen molar-refractivity contribution in [2.45, 2.75) is 32.4 Å². The van der Waals surface area contributed by atoms with E-state index in [1.165, 1.54) is 38.4 Å². The lowest BCUT2D eigenvalue weighted by Crippen LogP contribution is -3.13. The summed E-state index contributed by atoms with van der Waals surface area (Å²) < 4.78 is 5.68. The molecule has 0 unspecified atom stereocenters. The average Bonchev–Trinajstić information content (AvgIpc) is 3.26. The van der Waals surface area contributed by atoms with Crippen molar-refractivity contribution >= 4 is 11.6 Å². The molecule has 128 valence electrons. The van der Waals surface area contributed by atoms with Gasteiger partial charge in [-0.05, 0) is 24.3 Å².